The zero-order valence-electron chi connectivity index (χ0n) is 14.1. The van der Waals surface area contributed by atoms with Crippen LogP contribution >= 0.6 is 11.3 Å². The van der Waals surface area contributed by atoms with Crippen LogP contribution in [0.25, 0.3) is 10.4 Å². The number of thiophene rings is 1. The third-order valence-electron chi connectivity index (χ3n) is 3.51. The van der Waals surface area contributed by atoms with E-state index in [2.05, 4.69) is 5.32 Å². The number of amides is 1. The van der Waals surface area contributed by atoms with Crippen molar-refractivity contribution in [3.05, 3.63) is 52.9 Å². The highest BCUT2D eigenvalue weighted by atomic mass is 32.1. The van der Waals surface area contributed by atoms with Crippen LogP contribution in [0, 0.1) is 17.0 Å². The van der Waals surface area contributed by atoms with Crippen molar-refractivity contribution in [1.82, 2.24) is 0 Å². The molecule has 2 aromatic rings. The second kappa shape index (κ2) is 7.22. The molecule has 0 aliphatic heterocycles. The number of aliphatic hydroxyl groups is 1. The lowest BCUT2D eigenvalue weighted by Crippen LogP contribution is -2.16. The SMILES string of the molecule is CC(C)(O)c1cc(F)c(-c2cc(C(N)=O)c(N/C(N)=C/C=N)s2)c(F)c1. The van der Waals surface area contributed by atoms with E-state index in [0.29, 0.717) is 0 Å². The molecule has 1 aromatic heterocycles. The highest BCUT2D eigenvalue weighted by Gasteiger charge is 2.24. The highest BCUT2D eigenvalue weighted by Crippen LogP contribution is 2.39. The lowest BCUT2D eigenvalue weighted by Gasteiger charge is -2.18. The molecule has 0 saturated carbocycles. The van der Waals surface area contributed by atoms with E-state index in [4.69, 9.17) is 16.9 Å². The van der Waals surface area contributed by atoms with Gasteiger partial charge in [-0.15, -0.1) is 11.3 Å². The molecule has 9 heteroatoms. The molecule has 0 spiro atoms. The zero-order chi connectivity index (χ0) is 19.6. The molecular formula is C17H18F2N4O2S. The van der Waals surface area contributed by atoms with Gasteiger partial charge in [-0.2, -0.15) is 0 Å². The number of anilines is 1. The van der Waals surface area contributed by atoms with Gasteiger partial charge in [-0.25, -0.2) is 8.78 Å². The first kappa shape index (κ1) is 19.5. The lowest BCUT2D eigenvalue weighted by atomic mass is 9.96. The summed E-state index contributed by atoms with van der Waals surface area (Å²) in [5.74, 6) is -2.50. The summed E-state index contributed by atoms with van der Waals surface area (Å²) >= 11 is 0.886. The number of primary amides is 1. The fourth-order valence-electron chi connectivity index (χ4n) is 2.21. The lowest BCUT2D eigenvalue weighted by molar-refractivity contribution is 0.0778. The Morgan fingerprint density at radius 3 is 2.31 bits per heavy atom. The maximum atomic E-state index is 14.5. The van der Waals surface area contributed by atoms with Gasteiger partial charge >= 0.3 is 0 Å². The second-order valence-electron chi connectivity index (χ2n) is 6.01. The molecule has 7 N–H and O–H groups in total. The Hall–Kier alpha value is -2.78. The average Bonchev–Trinajstić information content (AvgIpc) is 2.89. The standard InChI is InChI=1S/C17H18F2N4O2S/c1-17(2,25)8-5-10(18)14(11(19)6-8)12-7-9(15(22)24)16(26-12)23-13(21)3-4-20/h3-7,20,23,25H,21H2,1-2H3,(H2,22,24)/b13-3+,20-4?. The fourth-order valence-corrected chi connectivity index (χ4v) is 3.35. The minimum absolute atomic E-state index is 0.0108. The smallest absolute Gasteiger partial charge is 0.251 e. The first-order chi connectivity index (χ1) is 12.0. The topological polar surface area (TPSA) is 125 Å². The maximum Gasteiger partial charge on any atom is 0.251 e. The van der Waals surface area contributed by atoms with E-state index >= 15 is 0 Å². The number of allylic oxidation sites excluding steroid dienone is 1. The van der Waals surface area contributed by atoms with Crippen LogP contribution in [0.3, 0.4) is 0 Å². The molecule has 1 aromatic carbocycles. The van der Waals surface area contributed by atoms with Crippen LogP contribution in [0.1, 0.15) is 29.8 Å². The van der Waals surface area contributed by atoms with Gasteiger partial charge in [0.05, 0.1) is 16.7 Å². The number of rotatable bonds is 6. The van der Waals surface area contributed by atoms with Gasteiger partial charge in [0.25, 0.3) is 5.91 Å². The number of carbonyl (C=O) groups is 1. The van der Waals surface area contributed by atoms with Gasteiger partial charge in [0.15, 0.2) is 0 Å². The van der Waals surface area contributed by atoms with Gasteiger partial charge < -0.3 is 27.3 Å². The number of hydrogen-bond acceptors (Lipinski definition) is 6. The molecule has 2 rings (SSSR count). The van der Waals surface area contributed by atoms with Gasteiger partial charge in [0.2, 0.25) is 0 Å². The van der Waals surface area contributed by atoms with Crippen molar-refractivity contribution in [2.24, 2.45) is 11.5 Å². The molecular weight excluding hydrogens is 362 g/mol. The summed E-state index contributed by atoms with van der Waals surface area (Å²) in [6.45, 7) is 2.83. The third kappa shape index (κ3) is 4.06. The molecule has 0 saturated heterocycles. The Morgan fingerprint density at radius 2 is 1.85 bits per heavy atom. The van der Waals surface area contributed by atoms with Crippen molar-refractivity contribution in [2.75, 3.05) is 5.32 Å². The molecule has 0 atom stereocenters. The van der Waals surface area contributed by atoms with E-state index in [1.165, 1.54) is 26.0 Å². The first-order valence-electron chi connectivity index (χ1n) is 7.43. The van der Waals surface area contributed by atoms with Crippen LogP contribution in [0.5, 0.6) is 0 Å². The van der Waals surface area contributed by atoms with Crippen LogP contribution in [0.4, 0.5) is 13.8 Å². The molecule has 1 amide bonds. The molecule has 0 aliphatic rings. The molecule has 0 fully saturated rings. The minimum Gasteiger partial charge on any atom is -0.386 e. The summed E-state index contributed by atoms with van der Waals surface area (Å²) in [6, 6.07) is 3.34. The van der Waals surface area contributed by atoms with E-state index in [0.717, 1.165) is 29.7 Å². The van der Waals surface area contributed by atoms with E-state index in [-0.39, 0.29) is 32.4 Å². The van der Waals surface area contributed by atoms with Crippen LogP contribution < -0.4 is 16.8 Å². The molecule has 0 aliphatic carbocycles. The van der Waals surface area contributed by atoms with Crippen LogP contribution in [-0.4, -0.2) is 17.2 Å². The van der Waals surface area contributed by atoms with Gasteiger partial charge in [0.1, 0.15) is 22.5 Å². The summed E-state index contributed by atoms with van der Waals surface area (Å²) in [7, 11) is 0. The zero-order valence-corrected chi connectivity index (χ0v) is 14.9. The van der Waals surface area contributed by atoms with Crippen LogP contribution in [0.15, 0.2) is 30.1 Å². The number of hydrogen-bond donors (Lipinski definition) is 5. The number of nitrogens with two attached hydrogens (primary N) is 2. The quantitative estimate of drug-likeness (QED) is 0.494. The Morgan fingerprint density at radius 1 is 1.27 bits per heavy atom. The summed E-state index contributed by atoms with van der Waals surface area (Å²) in [5, 5.41) is 19.8. The molecule has 138 valence electrons. The number of carbonyl (C=O) groups excluding carboxylic acids is 1. The fraction of sp³-hybridized carbons (Fsp3) is 0.176. The summed E-state index contributed by atoms with van der Waals surface area (Å²) in [6.07, 6.45) is 2.18. The van der Waals surface area contributed by atoms with Crippen molar-refractivity contribution in [3.8, 4) is 10.4 Å². The third-order valence-corrected chi connectivity index (χ3v) is 4.58. The number of benzene rings is 1. The number of nitrogens with one attached hydrogen (secondary N) is 2. The first-order valence-corrected chi connectivity index (χ1v) is 8.25. The second-order valence-corrected chi connectivity index (χ2v) is 7.06. The molecule has 0 unspecified atom stereocenters. The van der Waals surface area contributed by atoms with Crippen molar-refractivity contribution in [2.45, 2.75) is 19.4 Å². The highest BCUT2D eigenvalue weighted by molar-refractivity contribution is 7.19. The number of halogens is 2. The average molecular weight is 380 g/mol. The summed E-state index contributed by atoms with van der Waals surface area (Å²) < 4.78 is 29.0. The predicted octanol–water partition coefficient (Wildman–Crippen LogP) is 2.88. The normalized spacial score (nSPS) is 12.1. The predicted molar refractivity (Wildman–Crippen MR) is 98.1 cm³/mol. The Kier molecular flexibility index (Phi) is 5.43. The van der Waals surface area contributed by atoms with Gasteiger partial charge in [-0.3, -0.25) is 4.79 Å². The Bertz CT molecular complexity index is 878. The van der Waals surface area contributed by atoms with Crippen LogP contribution in [0.2, 0.25) is 0 Å². The molecule has 1 heterocycles. The molecule has 6 nitrogen and oxygen atoms in total. The van der Waals surface area contributed by atoms with E-state index in [1.54, 1.807) is 0 Å². The van der Waals surface area contributed by atoms with Gasteiger partial charge in [0, 0.05) is 11.1 Å². The van der Waals surface area contributed by atoms with E-state index < -0.39 is 23.1 Å². The van der Waals surface area contributed by atoms with Gasteiger partial charge in [-0.05, 0) is 43.7 Å². The monoisotopic (exact) mass is 380 g/mol. The van der Waals surface area contributed by atoms with Crippen molar-refractivity contribution >= 4 is 28.5 Å². The molecule has 0 radical (unpaired) electrons. The van der Waals surface area contributed by atoms with Crippen molar-refractivity contribution in [1.29, 1.82) is 5.41 Å². The Labute approximate surface area is 152 Å². The van der Waals surface area contributed by atoms with Gasteiger partial charge in [-0.1, -0.05) is 0 Å². The summed E-state index contributed by atoms with van der Waals surface area (Å²) in [4.78, 5) is 11.8. The van der Waals surface area contributed by atoms with E-state index in [1.807, 2.05) is 0 Å². The van der Waals surface area contributed by atoms with Crippen molar-refractivity contribution in [3.63, 3.8) is 0 Å². The summed E-state index contributed by atoms with van der Waals surface area (Å²) in [5.41, 5.74) is 9.30. The maximum absolute atomic E-state index is 14.5. The minimum atomic E-state index is -1.41. The molecule has 0 bridgehead atoms. The van der Waals surface area contributed by atoms with Crippen molar-refractivity contribution < 1.29 is 18.7 Å². The molecule has 26 heavy (non-hydrogen) atoms. The van der Waals surface area contributed by atoms with E-state index in [9.17, 15) is 18.7 Å². The van der Waals surface area contributed by atoms with Crippen LogP contribution in [-0.2, 0) is 5.60 Å². The largest absolute Gasteiger partial charge is 0.386 e. The Balaban J connectivity index is 2.58.